The number of carboxylic acids is 4. The number of fused-ring (bicyclic) bond motifs is 2. The molecule has 0 saturated heterocycles. The van der Waals surface area contributed by atoms with Crippen LogP contribution in [0.25, 0.3) is 10.8 Å². The van der Waals surface area contributed by atoms with Gasteiger partial charge >= 0.3 is 23.9 Å². The predicted octanol–water partition coefficient (Wildman–Crippen LogP) is 4.20. The number of hydrogen-bond donors (Lipinski definition) is 4. The smallest absolute Gasteiger partial charge is 0.335 e. The van der Waals surface area contributed by atoms with Crippen molar-refractivity contribution in [3.63, 3.8) is 0 Å². The van der Waals surface area contributed by atoms with E-state index >= 15 is 0 Å². The van der Waals surface area contributed by atoms with Crippen molar-refractivity contribution in [2.75, 3.05) is 0 Å². The highest BCUT2D eigenvalue weighted by Gasteiger charge is 2.22. The minimum absolute atomic E-state index is 0.190. The average molecular weight is 436 g/mol. The molecule has 0 atom stereocenters. The Balaban J connectivity index is 0.000000181. The number of aromatic carboxylic acids is 4. The van der Waals surface area contributed by atoms with Crippen molar-refractivity contribution >= 4 is 34.6 Å². The summed E-state index contributed by atoms with van der Waals surface area (Å²) in [4.78, 5) is 43.5. The number of rotatable bonds is 4. The van der Waals surface area contributed by atoms with Crippen LogP contribution in [0.15, 0.2) is 48.5 Å². The lowest BCUT2D eigenvalue weighted by Gasteiger charge is -2.19. The van der Waals surface area contributed by atoms with Gasteiger partial charge in [-0.3, -0.25) is 0 Å². The van der Waals surface area contributed by atoms with E-state index in [1.165, 1.54) is 36.4 Å². The Morgan fingerprint density at radius 1 is 0.531 bits per heavy atom. The largest absolute Gasteiger partial charge is 0.478 e. The summed E-state index contributed by atoms with van der Waals surface area (Å²) in [6.07, 6.45) is 3.18. The van der Waals surface area contributed by atoms with Crippen LogP contribution in [0.5, 0.6) is 0 Å². The fourth-order valence-electron chi connectivity index (χ4n) is 3.78. The molecule has 0 saturated carbocycles. The molecule has 4 N–H and O–H groups in total. The molecule has 0 unspecified atom stereocenters. The lowest BCUT2D eigenvalue weighted by Crippen LogP contribution is -2.15. The lowest BCUT2D eigenvalue weighted by atomic mass is 9.85. The third-order valence-electron chi connectivity index (χ3n) is 5.33. The average Bonchev–Trinajstić information content (AvgIpc) is 2.77. The molecule has 3 aromatic rings. The molecule has 4 rings (SSSR count). The van der Waals surface area contributed by atoms with Crippen molar-refractivity contribution < 1.29 is 39.6 Å². The van der Waals surface area contributed by atoms with E-state index in [0.29, 0.717) is 34.7 Å². The standard InChI is InChI=1S/C12H8O4.C12H12O4/c13-11(14)9-3-1-7-5-10(12(15)16)4-2-8(7)6-9;13-11(14)9-5-6-10(12(15)16)8-4-2-1-3-7(8)9/h1-6H,(H,13,14)(H,15,16);5-6H,1-4H2,(H,13,14)(H,15,16). The van der Waals surface area contributed by atoms with E-state index in [9.17, 15) is 19.2 Å². The van der Waals surface area contributed by atoms with Gasteiger partial charge in [0, 0.05) is 0 Å². The normalized spacial score (nSPS) is 12.2. The Morgan fingerprint density at radius 2 is 0.906 bits per heavy atom. The van der Waals surface area contributed by atoms with Crippen LogP contribution in [0.2, 0.25) is 0 Å². The number of carbonyl (C=O) groups is 4. The van der Waals surface area contributed by atoms with Gasteiger partial charge in [-0.05, 0) is 84.0 Å². The molecule has 0 amide bonds. The van der Waals surface area contributed by atoms with E-state index in [-0.39, 0.29) is 22.3 Å². The molecule has 0 bridgehead atoms. The van der Waals surface area contributed by atoms with Gasteiger partial charge in [0.05, 0.1) is 22.3 Å². The summed E-state index contributed by atoms with van der Waals surface area (Å²) in [7, 11) is 0. The van der Waals surface area contributed by atoms with E-state index in [0.717, 1.165) is 12.8 Å². The highest BCUT2D eigenvalue weighted by atomic mass is 16.4. The van der Waals surface area contributed by atoms with Gasteiger partial charge < -0.3 is 20.4 Å². The predicted molar refractivity (Wildman–Crippen MR) is 115 cm³/mol. The summed E-state index contributed by atoms with van der Waals surface area (Å²) in [5, 5.41) is 37.1. The quantitative estimate of drug-likeness (QED) is 0.475. The van der Waals surface area contributed by atoms with Crippen LogP contribution < -0.4 is 0 Å². The van der Waals surface area contributed by atoms with Crippen LogP contribution in [0, 0.1) is 0 Å². The van der Waals surface area contributed by atoms with Gasteiger partial charge in [-0.1, -0.05) is 12.1 Å². The van der Waals surface area contributed by atoms with E-state index in [4.69, 9.17) is 20.4 Å². The molecule has 0 fully saturated rings. The topological polar surface area (TPSA) is 149 Å². The van der Waals surface area contributed by atoms with Crippen LogP contribution in [0.1, 0.15) is 65.4 Å². The number of carboxylic acid groups (broad SMARTS) is 4. The molecule has 0 aliphatic heterocycles. The fraction of sp³-hybridized carbons (Fsp3) is 0.167. The van der Waals surface area contributed by atoms with E-state index in [2.05, 4.69) is 0 Å². The molecule has 0 spiro atoms. The second kappa shape index (κ2) is 9.30. The Hall–Kier alpha value is -4.20. The molecule has 164 valence electrons. The van der Waals surface area contributed by atoms with Crippen molar-refractivity contribution in [1.82, 2.24) is 0 Å². The Kier molecular flexibility index (Phi) is 6.53. The fourth-order valence-corrected chi connectivity index (χ4v) is 3.78. The van der Waals surface area contributed by atoms with Crippen LogP contribution in [-0.4, -0.2) is 44.3 Å². The monoisotopic (exact) mass is 436 g/mol. The molecule has 8 heteroatoms. The number of benzene rings is 3. The SMILES string of the molecule is O=C(O)c1ccc(C(=O)O)c2c1CCCC2.O=C(O)c1ccc2cc(C(=O)O)ccc2c1. The van der Waals surface area contributed by atoms with Crippen molar-refractivity contribution in [1.29, 1.82) is 0 Å². The van der Waals surface area contributed by atoms with Gasteiger partial charge in [-0.15, -0.1) is 0 Å². The molecule has 8 nitrogen and oxygen atoms in total. The molecule has 0 heterocycles. The van der Waals surface area contributed by atoms with Gasteiger partial charge in [-0.2, -0.15) is 0 Å². The van der Waals surface area contributed by atoms with Gasteiger partial charge in [-0.25, -0.2) is 19.2 Å². The Morgan fingerprint density at radius 3 is 1.22 bits per heavy atom. The summed E-state index contributed by atoms with van der Waals surface area (Å²) in [6, 6.07) is 11.9. The third kappa shape index (κ3) is 4.75. The maximum absolute atomic E-state index is 11.0. The first kappa shape index (κ1) is 22.5. The summed E-state index contributed by atoms with van der Waals surface area (Å²) in [5.41, 5.74) is 2.29. The maximum Gasteiger partial charge on any atom is 0.335 e. The van der Waals surface area contributed by atoms with Crippen LogP contribution in [0.3, 0.4) is 0 Å². The molecule has 1 aliphatic rings. The van der Waals surface area contributed by atoms with Crippen molar-refractivity contribution in [3.8, 4) is 0 Å². The highest BCUT2D eigenvalue weighted by molar-refractivity contribution is 5.98. The minimum Gasteiger partial charge on any atom is -0.478 e. The summed E-state index contributed by atoms with van der Waals surface area (Å²) >= 11 is 0. The first-order valence-electron chi connectivity index (χ1n) is 9.80. The Bertz CT molecular complexity index is 1150. The first-order chi connectivity index (χ1) is 15.2. The Labute approximate surface area is 182 Å². The molecular formula is C24H20O8. The summed E-state index contributed by atoms with van der Waals surface area (Å²) in [5.74, 6) is -3.95. The highest BCUT2D eigenvalue weighted by Crippen LogP contribution is 2.28. The molecule has 3 aromatic carbocycles. The maximum atomic E-state index is 11.0. The van der Waals surface area contributed by atoms with E-state index < -0.39 is 23.9 Å². The molecular weight excluding hydrogens is 416 g/mol. The van der Waals surface area contributed by atoms with Crippen molar-refractivity contribution in [2.45, 2.75) is 25.7 Å². The van der Waals surface area contributed by atoms with E-state index in [1.54, 1.807) is 12.1 Å². The molecule has 32 heavy (non-hydrogen) atoms. The van der Waals surface area contributed by atoms with Crippen molar-refractivity contribution in [3.05, 3.63) is 81.9 Å². The van der Waals surface area contributed by atoms with Crippen LogP contribution >= 0.6 is 0 Å². The second-order valence-corrected chi connectivity index (χ2v) is 7.32. The van der Waals surface area contributed by atoms with Gasteiger partial charge in [0.1, 0.15) is 0 Å². The van der Waals surface area contributed by atoms with Crippen molar-refractivity contribution in [2.24, 2.45) is 0 Å². The summed E-state index contributed by atoms with van der Waals surface area (Å²) in [6.45, 7) is 0. The van der Waals surface area contributed by atoms with Gasteiger partial charge in [0.15, 0.2) is 0 Å². The number of hydrogen-bond acceptors (Lipinski definition) is 4. The van der Waals surface area contributed by atoms with Gasteiger partial charge in [0.2, 0.25) is 0 Å². The van der Waals surface area contributed by atoms with Crippen LogP contribution in [0.4, 0.5) is 0 Å². The second-order valence-electron chi connectivity index (χ2n) is 7.32. The minimum atomic E-state index is -0.996. The summed E-state index contributed by atoms with van der Waals surface area (Å²) < 4.78 is 0. The molecule has 0 aromatic heterocycles. The molecule has 0 radical (unpaired) electrons. The van der Waals surface area contributed by atoms with Crippen LogP contribution in [-0.2, 0) is 12.8 Å². The third-order valence-corrected chi connectivity index (χ3v) is 5.33. The van der Waals surface area contributed by atoms with E-state index in [1.807, 2.05) is 0 Å². The zero-order valence-corrected chi connectivity index (χ0v) is 16.9. The molecule has 1 aliphatic carbocycles. The zero-order chi connectivity index (χ0) is 23.4. The zero-order valence-electron chi connectivity index (χ0n) is 16.9. The van der Waals surface area contributed by atoms with Gasteiger partial charge in [0.25, 0.3) is 0 Å². The lowest BCUT2D eigenvalue weighted by molar-refractivity contribution is 0.0678. The first-order valence-corrected chi connectivity index (χ1v) is 9.80.